The molecule has 0 bridgehead atoms. The summed E-state index contributed by atoms with van der Waals surface area (Å²) < 4.78 is 35.8. The van der Waals surface area contributed by atoms with Gasteiger partial charge < -0.3 is 0 Å². The SMILES string of the molecule is C=C/C=c1/sc(CBr)n/c1=C/C.COC(F)(F)F. The summed E-state index contributed by atoms with van der Waals surface area (Å²) in [5.74, 6) is 0. The van der Waals surface area contributed by atoms with E-state index in [0.717, 1.165) is 15.7 Å². The molecular formula is C11H13BrF3NOS. The third-order valence-electron chi connectivity index (χ3n) is 1.61. The Labute approximate surface area is 116 Å². The normalized spacial score (nSPS) is 13.2. The van der Waals surface area contributed by atoms with E-state index in [1.165, 1.54) is 4.53 Å². The Morgan fingerprint density at radius 2 is 2.06 bits per heavy atom. The molecule has 18 heavy (non-hydrogen) atoms. The van der Waals surface area contributed by atoms with Gasteiger partial charge >= 0.3 is 6.36 Å². The van der Waals surface area contributed by atoms with E-state index in [4.69, 9.17) is 0 Å². The van der Waals surface area contributed by atoms with Crippen LogP contribution in [0.1, 0.15) is 11.9 Å². The van der Waals surface area contributed by atoms with Crippen LogP contribution in [0.15, 0.2) is 12.7 Å². The number of hydrogen-bond donors (Lipinski definition) is 0. The molecule has 0 aromatic carbocycles. The number of ether oxygens (including phenoxy) is 1. The number of thiazole rings is 1. The molecule has 0 atom stereocenters. The van der Waals surface area contributed by atoms with Crippen molar-refractivity contribution >= 4 is 39.4 Å². The van der Waals surface area contributed by atoms with Crippen LogP contribution in [0, 0.1) is 0 Å². The van der Waals surface area contributed by atoms with Crippen molar-refractivity contribution in [2.45, 2.75) is 18.6 Å². The predicted molar refractivity (Wildman–Crippen MR) is 71.9 cm³/mol. The first kappa shape index (κ1) is 17.3. The van der Waals surface area contributed by atoms with Crippen LogP contribution in [-0.2, 0) is 10.1 Å². The van der Waals surface area contributed by atoms with Crippen molar-refractivity contribution in [2.75, 3.05) is 7.11 Å². The third-order valence-corrected chi connectivity index (χ3v) is 3.55. The minimum absolute atomic E-state index is 0.583. The molecule has 0 unspecified atom stereocenters. The summed E-state index contributed by atoms with van der Waals surface area (Å²) >= 11 is 5.07. The Morgan fingerprint density at radius 1 is 1.50 bits per heavy atom. The van der Waals surface area contributed by atoms with Crippen molar-refractivity contribution in [3.05, 3.63) is 27.5 Å². The van der Waals surface area contributed by atoms with E-state index in [0.29, 0.717) is 7.11 Å². The van der Waals surface area contributed by atoms with E-state index in [1.807, 2.05) is 19.1 Å². The van der Waals surface area contributed by atoms with E-state index in [2.05, 4.69) is 32.2 Å². The predicted octanol–water partition coefficient (Wildman–Crippen LogP) is 2.96. The van der Waals surface area contributed by atoms with Crippen LogP contribution in [0.5, 0.6) is 0 Å². The van der Waals surface area contributed by atoms with Gasteiger partial charge in [0, 0.05) is 7.11 Å². The summed E-state index contributed by atoms with van der Waals surface area (Å²) in [4.78, 5) is 4.40. The average molecular weight is 344 g/mol. The zero-order chi connectivity index (χ0) is 14.2. The van der Waals surface area contributed by atoms with Crippen molar-refractivity contribution < 1.29 is 17.9 Å². The summed E-state index contributed by atoms with van der Waals surface area (Å²) in [6, 6.07) is 0. The minimum atomic E-state index is -4.46. The molecule has 0 aliphatic carbocycles. The number of methoxy groups -OCH3 is 1. The van der Waals surface area contributed by atoms with Gasteiger partial charge in [0.2, 0.25) is 0 Å². The quantitative estimate of drug-likeness (QED) is 0.770. The smallest absolute Gasteiger partial charge is 0.295 e. The van der Waals surface area contributed by atoms with E-state index in [9.17, 15) is 13.2 Å². The molecule has 0 spiro atoms. The summed E-state index contributed by atoms with van der Waals surface area (Å²) in [5, 5.41) is 2.98. The van der Waals surface area contributed by atoms with Crippen LogP contribution in [-0.4, -0.2) is 18.5 Å². The van der Waals surface area contributed by atoms with E-state index >= 15 is 0 Å². The largest absolute Gasteiger partial charge is 0.522 e. The fourth-order valence-electron chi connectivity index (χ4n) is 0.882. The molecule has 0 N–H and O–H groups in total. The zero-order valence-corrected chi connectivity index (χ0v) is 12.3. The third kappa shape index (κ3) is 6.93. The van der Waals surface area contributed by atoms with Crippen LogP contribution in [0.25, 0.3) is 12.2 Å². The first-order chi connectivity index (χ1) is 8.37. The van der Waals surface area contributed by atoms with Crippen LogP contribution in [0.3, 0.4) is 0 Å². The molecule has 0 fully saturated rings. The summed E-state index contributed by atoms with van der Waals surface area (Å²) in [6.45, 7) is 5.66. The number of alkyl halides is 4. The van der Waals surface area contributed by atoms with Gasteiger partial charge in [-0.15, -0.1) is 24.5 Å². The highest BCUT2D eigenvalue weighted by Gasteiger charge is 2.25. The molecule has 0 aliphatic heterocycles. The van der Waals surface area contributed by atoms with Gasteiger partial charge in [0.15, 0.2) is 0 Å². The summed E-state index contributed by atoms with van der Waals surface area (Å²) in [6.07, 6.45) is 1.33. The molecule has 1 aromatic heterocycles. The monoisotopic (exact) mass is 343 g/mol. The Hall–Kier alpha value is -0.660. The van der Waals surface area contributed by atoms with E-state index in [1.54, 1.807) is 17.4 Å². The lowest BCUT2D eigenvalue weighted by molar-refractivity contribution is -0.311. The van der Waals surface area contributed by atoms with Gasteiger partial charge in [0.1, 0.15) is 5.01 Å². The fraction of sp³-hybridized carbons (Fsp3) is 0.364. The average Bonchev–Trinajstić information content (AvgIpc) is 2.72. The van der Waals surface area contributed by atoms with Crippen molar-refractivity contribution in [1.82, 2.24) is 4.98 Å². The molecule has 0 saturated heterocycles. The maximum Gasteiger partial charge on any atom is 0.522 e. The second kappa shape index (κ2) is 8.44. The topological polar surface area (TPSA) is 22.1 Å². The van der Waals surface area contributed by atoms with E-state index in [-0.39, 0.29) is 0 Å². The molecule has 0 saturated carbocycles. The molecule has 1 heterocycles. The number of halogens is 4. The van der Waals surface area contributed by atoms with Gasteiger partial charge in [-0.2, -0.15) is 0 Å². The van der Waals surface area contributed by atoms with Gasteiger partial charge in [-0.25, -0.2) is 4.98 Å². The van der Waals surface area contributed by atoms with Crippen LogP contribution in [0.2, 0.25) is 0 Å². The highest BCUT2D eigenvalue weighted by molar-refractivity contribution is 9.08. The Bertz CT molecular complexity index is 481. The van der Waals surface area contributed by atoms with Crippen molar-refractivity contribution in [1.29, 1.82) is 0 Å². The fourth-order valence-corrected chi connectivity index (χ4v) is 2.24. The van der Waals surface area contributed by atoms with Crippen LogP contribution in [0.4, 0.5) is 13.2 Å². The maximum atomic E-state index is 10.6. The van der Waals surface area contributed by atoms with Gasteiger partial charge in [-0.05, 0) is 13.0 Å². The van der Waals surface area contributed by atoms with Gasteiger partial charge in [-0.1, -0.05) is 34.7 Å². The lowest BCUT2D eigenvalue weighted by Gasteiger charge is -1.97. The molecule has 0 amide bonds. The molecule has 2 nitrogen and oxygen atoms in total. The summed E-state index contributed by atoms with van der Waals surface area (Å²) in [5.41, 5.74) is 0. The van der Waals surface area contributed by atoms with Crippen molar-refractivity contribution in [3.8, 4) is 0 Å². The number of rotatable bonds is 2. The zero-order valence-electron chi connectivity index (χ0n) is 9.92. The second-order valence-corrected chi connectivity index (χ2v) is 4.51. The first-order valence-electron chi connectivity index (χ1n) is 4.80. The maximum absolute atomic E-state index is 10.6. The van der Waals surface area contributed by atoms with Gasteiger partial charge in [0.05, 0.1) is 15.2 Å². The lowest BCUT2D eigenvalue weighted by atomic mass is 10.5. The second-order valence-electron chi connectivity index (χ2n) is 2.83. The Kier molecular flexibility index (Phi) is 8.13. The van der Waals surface area contributed by atoms with Gasteiger partial charge in [0.25, 0.3) is 0 Å². The molecular weight excluding hydrogens is 331 g/mol. The molecule has 1 rings (SSSR count). The van der Waals surface area contributed by atoms with E-state index < -0.39 is 6.36 Å². The minimum Gasteiger partial charge on any atom is -0.295 e. The molecule has 1 aromatic rings. The Morgan fingerprint density at radius 3 is 2.39 bits per heavy atom. The van der Waals surface area contributed by atoms with Crippen molar-refractivity contribution in [2.24, 2.45) is 0 Å². The number of aromatic nitrogens is 1. The lowest BCUT2D eigenvalue weighted by Crippen LogP contribution is -2.19. The standard InChI is InChI=1S/C9H10BrNS.C2H3F3O/c1-3-5-8-7(4-2)11-9(6-10)12-8;1-6-2(3,4)5/h3-5H,1,6H2,2H3;1H3/b7-4+,8-5+;. The van der Waals surface area contributed by atoms with Crippen LogP contribution >= 0.6 is 27.3 Å². The Balaban J connectivity index is 0.000000411. The molecule has 0 radical (unpaired) electrons. The van der Waals surface area contributed by atoms with Crippen molar-refractivity contribution in [3.63, 3.8) is 0 Å². The molecule has 102 valence electrons. The number of allylic oxidation sites excluding steroid dienone is 1. The number of hydrogen-bond acceptors (Lipinski definition) is 3. The molecule has 7 heteroatoms. The highest BCUT2D eigenvalue weighted by Crippen LogP contribution is 2.13. The molecule has 0 aliphatic rings. The summed E-state index contributed by atoms with van der Waals surface area (Å²) in [7, 11) is 0.583. The highest BCUT2D eigenvalue weighted by atomic mass is 79.9. The van der Waals surface area contributed by atoms with Crippen LogP contribution < -0.4 is 9.88 Å². The van der Waals surface area contributed by atoms with Gasteiger partial charge in [-0.3, -0.25) is 4.74 Å². The first-order valence-corrected chi connectivity index (χ1v) is 6.74. The number of nitrogens with zero attached hydrogens (tertiary/aromatic N) is 1.